The first-order chi connectivity index (χ1) is 7.17. The van der Waals surface area contributed by atoms with Crippen molar-refractivity contribution in [3.63, 3.8) is 0 Å². The van der Waals surface area contributed by atoms with E-state index in [2.05, 4.69) is 24.1 Å². The topological polar surface area (TPSA) is 35.5 Å². The second-order valence-electron chi connectivity index (χ2n) is 5.05. The summed E-state index contributed by atoms with van der Waals surface area (Å²) in [5.74, 6) is 1.69. The molecule has 0 aliphatic carbocycles. The number of hydrogen-bond donors (Lipinski definition) is 2. The molecule has 0 saturated carbocycles. The Labute approximate surface area is 93.9 Å². The zero-order valence-corrected chi connectivity index (χ0v) is 10.4. The fraction of sp³-hybridized carbons (Fsp3) is 1.00. The van der Waals surface area contributed by atoms with E-state index in [-0.39, 0.29) is 12.6 Å². The maximum Gasteiger partial charge on any atom is 0.0585 e. The average molecular weight is 214 g/mol. The molecular formula is C12H26N2O. The summed E-state index contributed by atoms with van der Waals surface area (Å²) in [6.45, 7) is 8.49. The molecule has 1 aliphatic heterocycles. The number of nitrogens with zero attached hydrogens (tertiary/aromatic N) is 1. The van der Waals surface area contributed by atoms with Gasteiger partial charge in [-0.05, 0) is 44.8 Å². The largest absolute Gasteiger partial charge is 0.395 e. The van der Waals surface area contributed by atoms with Gasteiger partial charge in [-0.1, -0.05) is 13.8 Å². The van der Waals surface area contributed by atoms with Crippen molar-refractivity contribution >= 4 is 0 Å². The number of rotatable bonds is 6. The van der Waals surface area contributed by atoms with Crippen molar-refractivity contribution in [2.75, 3.05) is 33.3 Å². The van der Waals surface area contributed by atoms with E-state index in [1.807, 2.05) is 7.05 Å². The normalized spacial score (nSPS) is 25.0. The van der Waals surface area contributed by atoms with Gasteiger partial charge in [-0.25, -0.2) is 0 Å². The smallest absolute Gasteiger partial charge is 0.0585 e. The molecule has 0 aromatic rings. The van der Waals surface area contributed by atoms with Crippen LogP contribution in [0.25, 0.3) is 0 Å². The lowest BCUT2D eigenvalue weighted by Crippen LogP contribution is -2.34. The minimum Gasteiger partial charge on any atom is -0.395 e. The molecule has 1 saturated heterocycles. The Morgan fingerprint density at radius 1 is 1.47 bits per heavy atom. The summed E-state index contributed by atoms with van der Waals surface area (Å²) >= 11 is 0. The summed E-state index contributed by atoms with van der Waals surface area (Å²) in [5, 5.41) is 12.2. The van der Waals surface area contributed by atoms with E-state index in [4.69, 9.17) is 5.11 Å². The molecule has 1 rings (SSSR count). The number of likely N-dealkylation sites (N-methyl/N-ethyl adjacent to an activating group) is 1. The number of aliphatic hydroxyl groups is 1. The Balaban J connectivity index is 2.18. The molecule has 3 nitrogen and oxygen atoms in total. The van der Waals surface area contributed by atoms with Gasteiger partial charge >= 0.3 is 0 Å². The van der Waals surface area contributed by atoms with Crippen LogP contribution in [-0.2, 0) is 0 Å². The fourth-order valence-electron chi connectivity index (χ4n) is 2.28. The number of hydrogen-bond acceptors (Lipinski definition) is 3. The van der Waals surface area contributed by atoms with Crippen LogP contribution in [0, 0.1) is 11.8 Å². The second-order valence-corrected chi connectivity index (χ2v) is 5.05. The van der Waals surface area contributed by atoms with E-state index < -0.39 is 0 Å². The van der Waals surface area contributed by atoms with Crippen LogP contribution < -0.4 is 5.32 Å². The number of likely N-dealkylation sites (tertiary alicyclic amines) is 1. The molecular weight excluding hydrogens is 188 g/mol. The van der Waals surface area contributed by atoms with Crippen molar-refractivity contribution in [3.05, 3.63) is 0 Å². The van der Waals surface area contributed by atoms with Gasteiger partial charge in [0, 0.05) is 12.6 Å². The van der Waals surface area contributed by atoms with Gasteiger partial charge in [0.25, 0.3) is 0 Å². The van der Waals surface area contributed by atoms with E-state index in [0.29, 0.717) is 0 Å². The molecule has 1 heterocycles. The monoisotopic (exact) mass is 214 g/mol. The molecule has 0 bridgehead atoms. The van der Waals surface area contributed by atoms with Crippen LogP contribution in [0.4, 0.5) is 0 Å². The summed E-state index contributed by atoms with van der Waals surface area (Å²) in [6.07, 6.45) is 2.40. The van der Waals surface area contributed by atoms with Crippen molar-refractivity contribution < 1.29 is 5.11 Å². The molecule has 1 aliphatic rings. The fourth-order valence-corrected chi connectivity index (χ4v) is 2.28. The third-order valence-corrected chi connectivity index (χ3v) is 3.67. The summed E-state index contributed by atoms with van der Waals surface area (Å²) < 4.78 is 0. The zero-order valence-electron chi connectivity index (χ0n) is 10.4. The van der Waals surface area contributed by atoms with Crippen LogP contribution in [0.15, 0.2) is 0 Å². The van der Waals surface area contributed by atoms with Crippen LogP contribution in [0.3, 0.4) is 0 Å². The van der Waals surface area contributed by atoms with Crippen LogP contribution in [0.2, 0.25) is 0 Å². The third-order valence-electron chi connectivity index (χ3n) is 3.67. The highest BCUT2D eigenvalue weighted by molar-refractivity contribution is 4.78. The van der Waals surface area contributed by atoms with Crippen molar-refractivity contribution in [2.45, 2.75) is 32.7 Å². The summed E-state index contributed by atoms with van der Waals surface area (Å²) in [7, 11) is 1.92. The molecule has 0 amide bonds. The van der Waals surface area contributed by atoms with Crippen LogP contribution >= 0.6 is 0 Å². The highest BCUT2D eigenvalue weighted by Crippen LogP contribution is 2.23. The molecule has 2 N–H and O–H groups in total. The Morgan fingerprint density at radius 3 is 2.67 bits per heavy atom. The zero-order chi connectivity index (χ0) is 11.3. The van der Waals surface area contributed by atoms with E-state index in [9.17, 15) is 0 Å². The quantitative estimate of drug-likeness (QED) is 0.690. The first-order valence-electron chi connectivity index (χ1n) is 6.17. The van der Waals surface area contributed by atoms with E-state index in [1.165, 1.54) is 19.5 Å². The highest BCUT2D eigenvalue weighted by atomic mass is 16.3. The van der Waals surface area contributed by atoms with Crippen molar-refractivity contribution in [1.82, 2.24) is 10.2 Å². The molecule has 15 heavy (non-hydrogen) atoms. The van der Waals surface area contributed by atoms with Crippen molar-refractivity contribution in [3.8, 4) is 0 Å². The number of aliphatic hydroxyl groups excluding tert-OH is 1. The number of nitrogens with one attached hydrogen (secondary N) is 1. The van der Waals surface area contributed by atoms with Gasteiger partial charge in [0.1, 0.15) is 0 Å². The first kappa shape index (κ1) is 12.9. The maximum atomic E-state index is 9.06. The van der Waals surface area contributed by atoms with E-state index in [0.717, 1.165) is 24.8 Å². The lowest BCUT2D eigenvalue weighted by molar-refractivity contribution is 0.219. The van der Waals surface area contributed by atoms with Gasteiger partial charge in [0.05, 0.1) is 6.61 Å². The minimum absolute atomic E-state index is 0.248. The molecule has 0 spiro atoms. The van der Waals surface area contributed by atoms with Crippen LogP contribution in [0.1, 0.15) is 26.7 Å². The first-order valence-corrected chi connectivity index (χ1v) is 6.17. The van der Waals surface area contributed by atoms with Gasteiger partial charge in [-0.15, -0.1) is 0 Å². The molecule has 0 radical (unpaired) electrons. The Morgan fingerprint density at radius 2 is 2.20 bits per heavy atom. The van der Waals surface area contributed by atoms with Crippen molar-refractivity contribution in [2.24, 2.45) is 11.8 Å². The molecule has 3 heteroatoms. The molecule has 0 aromatic heterocycles. The summed E-state index contributed by atoms with van der Waals surface area (Å²) in [5.41, 5.74) is 0. The van der Waals surface area contributed by atoms with Crippen LogP contribution in [0.5, 0.6) is 0 Å². The highest BCUT2D eigenvalue weighted by Gasteiger charge is 2.24. The Hall–Kier alpha value is -0.120. The minimum atomic E-state index is 0.248. The van der Waals surface area contributed by atoms with Gasteiger partial charge in [0.2, 0.25) is 0 Å². The average Bonchev–Trinajstić information content (AvgIpc) is 2.68. The van der Waals surface area contributed by atoms with Gasteiger partial charge < -0.3 is 15.3 Å². The second kappa shape index (κ2) is 6.46. The summed E-state index contributed by atoms with van der Waals surface area (Å²) in [6, 6.07) is 0.267. The van der Waals surface area contributed by atoms with Crippen LogP contribution in [-0.4, -0.2) is 49.3 Å². The SMILES string of the molecule is CNC(CO)CCN1CCC(C(C)C)C1. The Bertz CT molecular complexity index is 169. The molecule has 2 unspecified atom stereocenters. The predicted molar refractivity (Wildman–Crippen MR) is 63.9 cm³/mol. The lowest BCUT2D eigenvalue weighted by atomic mass is 9.95. The van der Waals surface area contributed by atoms with E-state index >= 15 is 0 Å². The predicted octanol–water partition coefficient (Wildman–Crippen LogP) is 0.935. The lowest BCUT2D eigenvalue weighted by Gasteiger charge is -2.20. The van der Waals surface area contributed by atoms with Crippen molar-refractivity contribution in [1.29, 1.82) is 0 Å². The molecule has 1 fully saturated rings. The third kappa shape index (κ3) is 4.09. The molecule has 0 aromatic carbocycles. The maximum absolute atomic E-state index is 9.06. The van der Waals surface area contributed by atoms with E-state index in [1.54, 1.807) is 0 Å². The Kier molecular flexibility index (Phi) is 5.58. The van der Waals surface area contributed by atoms with Gasteiger partial charge in [-0.3, -0.25) is 0 Å². The molecule has 2 atom stereocenters. The standard InChI is InChI=1S/C12H26N2O/c1-10(2)11-4-6-14(8-11)7-5-12(9-15)13-3/h10-13,15H,4-9H2,1-3H3. The van der Waals surface area contributed by atoms with Gasteiger partial charge in [0.15, 0.2) is 0 Å². The molecule has 90 valence electrons. The van der Waals surface area contributed by atoms with Gasteiger partial charge in [-0.2, -0.15) is 0 Å². The summed E-state index contributed by atoms with van der Waals surface area (Å²) in [4.78, 5) is 2.53.